The summed E-state index contributed by atoms with van der Waals surface area (Å²) in [7, 11) is 6.99. The molecule has 0 unspecified atom stereocenters. The van der Waals surface area contributed by atoms with E-state index in [1.165, 1.54) is 12.1 Å². The Morgan fingerprint density at radius 2 is 1.76 bits per heavy atom. The van der Waals surface area contributed by atoms with Crippen molar-refractivity contribution in [2.45, 2.75) is 0 Å². The molecule has 1 amide bonds. The Kier molecular flexibility index (Phi) is 6.59. The molecule has 3 aromatic carbocycles. The van der Waals surface area contributed by atoms with Crippen LogP contribution in [0, 0.1) is 5.82 Å². The quantitative estimate of drug-likeness (QED) is 0.226. The molecule has 0 aliphatic carbocycles. The molecule has 3 heterocycles. The summed E-state index contributed by atoms with van der Waals surface area (Å²) in [5.41, 5.74) is 6.02. The fourth-order valence-electron chi connectivity index (χ4n) is 4.88. The Morgan fingerprint density at radius 3 is 2.46 bits per heavy atom. The fourth-order valence-corrected chi connectivity index (χ4v) is 5.09. The summed E-state index contributed by atoms with van der Waals surface area (Å²) in [6, 6.07) is 19.0. The lowest BCUT2D eigenvalue weighted by atomic mass is 9.97. The Balaban J connectivity index is 1.55. The summed E-state index contributed by atoms with van der Waals surface area (Å²) in [4.78, 5) is 27.4. The first-order chi connectivity index (χ1) is 19.8. The first-order valence-corrected chi connectivity index (χ1v) is 13.1. The molecule has 0 spiro atoms. The Labute approximate surface area is 239 Å². The van der Waals surface area contributed by atoms with Crippen molar-refractivity contribution in [2.75, 3.05) is 33.2 Å². The first-order valence-electron chi connectivity index (χ1n) is 12.7. The van der Waals surface area contributed by atoms with Crippen LogP contribution in [0.25, 0.3) is 56.0 Å². The van der Waals surface area contributed by atoms with E-state index in [1.54, 1.807) is 32.4 Å². The molecule has 2 N–H and O–H groups in total. The van der Waals surface area contributed by atoms with Crippen molar-refractivity contribution in [3.63, 3.8) is 0 Å². The number of hydrogen-bond donors (Lipinski definition) is 2. The van der Waals surface area contributed by atoms with Crippen molar-refractivity contribution in [3.05, 3.63) is 83.1 Å². The monoisotopic (exact) mass is 569 g/mol. The van der Waals surface area contributed by atoms with E-state index in [4.69, 9.17) is 20.8 Å². The molecule has 0 aliphatic rings. The summed E-state index contributed by atoms with van der Waals surface area (Å²) >= 11 is 6.66. The minimum atomic E-state index is -0.374. The van der Waals surface area contributed by atoms with Gasteiger partial charge in [-0.05, 0) is 54.1 Å². The largest absolute Gasteiger partial charge is 0.481 e. The van der Waals surface area contributed by atoms with Crippen LogP contribution < -0.4 is 15.0 Å². The summed E-state index contributed by atoms with van der Waals surface area (Å²) in [6.07, 6.45) is 0. The highest BCUT2D eigenvalue weighted by atomic mass is 35.5. The lowest BCUT2D eigenvalue weighted by Gasteiger charge is -2.18. The van der Waals surface area contributed by atoms with Gasteiger partial charge in [0.2, 0.25) is 5.88 Å². The fraction of sp³-hybridized carbons (Fsp3) is 0.129. The number of ether oxygens (including phenoxy) is 1. The number of carbonyl (C=O) groups is 1. The van der Waals surface area contributed by atoms with E-state index >= 15 is 0 Å². The zero-order chi connectivity index (χ0) is 28.8. The summed E-state index contributed by atoms with van der Waals surface area (Å²) in [5, 5.41) is 3.85. The number of benzene rings is 3. The number of hydrogen-bond acceptors (Lipinski definition) is 6. The van der Waals surface area contributed by atoms with Gasteiger partial charge >= 0.3 is 0 Å². The molecule has 0 aliphatic heterocycles. The lowest BCUT2D eigenvalue weighted by molar-refractivity contribution is 0.0964. The highest BCUT2D eigenvalue weighted by Gasteiger charge is 2.24. The van der Waals surface area contributed by atoms with Gasteiger partial charge in [0.25, 0.3) is 5.91 Å². The maximum absolute atomic E-state index is 13.7. The van der Waals surface area contributed by atoms with Gasteiger partial charge in [0.15, 0.2) is 5.65 Å². The predicted octanol–water partition coefficient (Wildman–Crippen LogP) is 6.93. The van der Waals surface area contributed by atoms with E-state index in [2.05, 4.69) is 20.3 Å². The van der Waals surface area contributed by atoms with E-state index in [1.807, 2.05) is 55.4 Å². The molecule has 0 saturated heterocycles. The van der Waals surface area contributed by atoms with E-state index in [0.717, 1.165) is 22.3 Å². The number of halogens is 2. The molecule has 6 aromatic rings. The number of amides is 1. The molecular formula is C31H25ClFN5O3. The molecule has 8 nitrogen and oxygen atoms in total. The van der Waals surface area contributed by atoms with Gasteiger partial charge in [-0.25, -0.2) is 9.37 Å². The molecule has 0 fully saturated rings. The molecule has 3 aromatic heterocycles. The first kappa shape index (κ1) is 26.3. The van der Waals surface area contributed by atoms with Gasteiger partial charge in [-0.3, -0.25) is 4.79 Å². The van der Waals surface area contributed by atoms with E-state index in [0.29, 0.717) is 55.8 Å². The third-order valence-corrected chi connectivity index (χ3v) is 7.24. The normalized spacial score (nSPS) is 11.3. The molecule has 0 saturated carbocycles. The molecule has 206 valence electrons. The van der Waals surface area contributed by atoms with Gasteiger partial charge in [-0.2, -0.15) is 4.98 Å². The number of rotatable bonds is 6. The second-order valence-corrected chi connectivity index (χ2v) is 10.1. The van der Waals surface area contributed by atoms with Gasteiger partial charge in [-0.15, -0.1) is 0 Å². The molecular weight excluding hydrogens is 545 g/mol. The van der Waals surface area contributed by atoms with Crippen molar-refractivity contribution in [3.8, 4) is 39.7 Å². The second-order valence-electron chi connectivity index (χ2n) is 9.66. The number of pyridine rings is 1. The van der Waals surface area contributed by atoms with Gasteiger partial charge in [0.1, 0.15) is 23.0 Å². The molecule has 6 rings (SSSR count). The molecule has 0 radical (unpaired) electrons. The topological polar surface area (TPSA) is 96.3 Å². The SMILES string of the molecule is CNC(=O)c1c(-c2ccc(F)cc2)oc2cc(N(C)C)c(-c3ccc(Cl)c(-c4nc5nc(OC)ccc5[nH]4)c3)cc12. The second kappa shape index (κ2) is 10.3. The van der Waals surface area contributed by atoms with Gasteiger partial charge in [0, 0.05) is 61.0 Å². The minimum Gasteiger partial charge on any atom is -0.481 e. The Bertz CT molecular complexity index is 1950. The Morgan fingerprint density at radius 1 is 1.00 bits per heavy atom. The van der Waals surface area contributed by atoms with Crippen LogP contribution in [0.4, 0.5) is 10.1 Å². The van der Waals surface area contributed by atoms with Crippen LogP contribution in [-0.2, 0) is 0 Å². The summed E-state index contributed by atoms with van der Waals surface area (Å²) in [6.45, 7) is 0. The number of nitrogens with one attached hydrogen (secondary N) is 2. The standard InChI is InChI=1S/C31H25ClFN5O3/c1-34-31(39)27-21-14-19(24(38(2)3)15-25(21)41-28(27)16-5-8-18(33)9-6-16)17-7-10-22(32)20(13-17)29-35-23-11-12-26(40-4)36-30(23)37-29/h5-15H,1-4H3,(H,34,39)(H,35,36,37). The van der Waals surface area contributed by atoms with Crippen molar-refractivity contribution in [2.24, 2.45) is 0 Å². The molecule has 10 heteroatoms. The maximum atomic E-state index is 13.7. The van der Waals surface area contributed by atoms with E-state index < -0.39 is 0 Å². The number of aromatic amines is 1. The van der Waals surface area contributed by atoms with Gasteiger partial charge in [-0.1, -0.05) is 17.7 Å². The van der Waals surface area contributed by atoms with Gasteiger partial charge in [0.05, 0.1) is 23.2 Å². The smallest absolute Gasteiger partial charge is 0.255 e. The van der Waals surface area contributed by atoms with Crippen molar-refractivity contribution >= 4 is 45.3 Å². The van der Waals surface area contributed by atoms with Crippen LogP contribution in [0.2, 0.25) is 5.02 Å². The zero-order valence-electron chi connectivity index (χ0n) is 22.7. The molecule has 0 atom stereocenters. The highest BCUT2D eigenvalue weighted by molar-refractivity contribution is 6.33. The van der Waals surface area contributed by atoms with Crippen molar-refractivity contribution in [1.29, 1.82) is 0 Å². The van der Waals surface area contributed by atoms with Crippen LogP contribution in [0.5, 0.6) is 5.88 Å². The van der Waals surface area contributed by atoms with E-state index in [9.17, 15) is 9.18 Å². The number of imidazole rings is 1. The minimum absolute atomic E-state index is 0.311. The number of aromatic nitrogens is 3. The highest BCUT2D eigenvalue weighted by Crippen LogP contribution is 2.42. The maximum Gasteiger partial charge on any atom is 0.255 e. The third-order valence-electron chi connectivity index (χ3n) is 6.91. The predicted molar refractivity (Wildman–Crippen MR) is 159 cm³/mol. The number of anilines is 1. The average Bonchev–Trinajstić information content (AvgIpc) is 3.57. The van der Waals surface area contributed by atoms with Crippen LogP contribution in [-0.4, -0.2) is 49.1 Å². The number of fused-ring (bicyclic) bond motifs is 2. The van der Waals surface area contributed by atoms with Crippen LogP contribution >= 0.6 is 11.6 Å². The van der Waals surface area contributed by atoms with Crippen LogP contribution in [0.1, 0.15) is 10.4 Å². The average molecular weight is 570 g/mol. The molecule has 41 heavy (non-hydrogen) atoms. The van der Waals surface area contributed by atoms with Gasteiger partial charge < -0.3 is 24.4 Å². The van der Waals surface area contributed by atoms with E-state index in [-0.39, 0.29) is 11.7 Å². The van der Waals surface area contributed by atoms with Crippen molar-refractivity contribution < 1.29 is 18.3 Å². The summed E-state index contributed by atoms with van der Waals surface area (Å²) < 4.78 is 25.1. The zero-order valence-corrected chi connectivity index (χ0v) is 23.4. The van der Waals surface area contributed by atoms with Crippen molar-refractivity contribution in [1.82, 2.24) is 20.3 Å². The van der Waals surface area contributed by atoms with Crippen LogP contribution in [0.3, 0.4) is 0 Å². The number of methoxy groups -OCH3 is 1. The van der Waals surface area contributed by atoms with Crippen LogP contribution in [0.15, 0.2) is 71.1 Å². The Hall–Kier alpha value is -4.89. The number of H-pyrrole nitrogens is 1. The lowest BCUT2D eigenvalue weighted by Crippen LogP contribution is -2.18. The number of furan rings is 1. The number of nitrogens with zero attached hydrogens (tertiary/aromatic N) is 3. The molecule has 0 bridgehead atoms. The third kappa shape index (κ3) is 4.64. The summed E-state index contributed by atoms with van der Waals surface area (Å²) in [5.74, 6) is 0.706. The number of carbonyl (C=O) groups excluding carboxylic acids is 1.